The Labute approximate surface area is 105 Å². The molecule has 1 aromatic heterocycles. The Kier molecular flexibility index (Phi) is 4.38. The van der Waals surface area contributed by atoms with Gasteiger partial charge in [0.2, 0.25) is 0 Å². The summed E-state index contributed by atoms with van der Waals surface area (Å²) in [6.07, 6.45) is 0.915. The Morgan fingerprint density at radius 1 is 1.29 bits per heavy atom. The van der Waals surface area contributed by atoms with Gasteiger partial charge in [0.1, 0.15) is 0 Å². The van der Waals surface area contributed by atoms with Crippen LogP contribution >= 0.6 is 11.3 Å². The summed E-state index contributed by atoms with van der Waals surface area (Å²) < 4.78 is 5.34. The summed E-state index contributed by atoms with van der Waals surface area (Å²) in [6, 6.07) is 10.2. The second-order valence-electron chi connectivity index (χ2n) is 3.58. The number of rotatable bonds is 6. The van der Waals surface area contributed by atoms with E-state index in [1.807, 2.05) is 25.1 Å². The number of hydrogen-bond acceptors (Lipinski definition) is 4. The standard InChI is InChI=1S/C13H16N2OS/c1-2-16-13-15-12(10-17-13)8-9-14-11-6-4-3-5-7-11/h3-7,10,14H,2,8-9H2,1H3. The number of hydrogen-bond donors (Lipinski definition) is 1. The van der Waals surface area contributed by atoms with Gasteiger partial charge in [0.25, 0.3) is 5.19 Å². The molecule has 0 saturated heterocycles. The van der Waals surface area contributed by atoms with Gasteiger partial charge in [0.15, 0.2) is 0 Å². The quantitative estimate of drug-likeness (QED) is 0.852. The van der Waals surface area contributed by atoms with Crippen molar-refractivity contribution in [1.29, 1.82) is 0 Å². The van der Waals surface area contributed by atoms with Gasteiger partial charge in [-0.1, -0.05) is 29.5 Å². The fourth-order valence-corrected chi connectivity index (χ4v) is 2.25. The Bertz CT molecular complexity index is 442. The molecule has 2 rings (SSSR count). The van der Waals surface area contributed by atoms with Crippen LogP contribution in [0.15, 0.2) is 35.7 Å². The molecule has 1 aromatic carbocycles. The number of ether oxygens (including phenoxy) is 1. The van der Waals surface area contributed by atoms with Crippen molar-refractivity contribution in [2.45, 2.75) is 13.3 Å². The summed E-state index contributed by atoms with van der Waals surface area (Å²) >= 11 is 1.56. The molecule has 90 valence electrons. The summed E-state index contributed by atoms with van der Waals surface area (Å²) in [5.41, 5.74) is 2.23. The first-order valence-corrected chi connectivity index (χ1v) is 6.62. The SMILES string of the molecule is CCOc1nc(CCNc2ccccc2)cs1. The zero-order valence-electron chi connectivity index (χ0n) is 9.85. The molecule has 0 aliphatic heterocycles. The summed E-state index contributed by atoms with van der Waals surface area (Å²) in [5.74, 6) is 0. The zero-order chi connectivity index (χ0) is 11.9. The lowest BCUT2D eigenvalue weighted by Crippen LogP contribution is -2.04. The second kappa shape index (κ2) is 6.25. The highest BCUT2D eigenvalue weighted by atomic mass is 32.1. The average Bonchev–Trinajstić information content (AvgIpc) is 2.79. The van der Waals surface area contributed by atoms with Gasteiger partial charge in [-0.25, -0.2) is 4.98 Å². The number of anilines is 1. The molecule has 0 spiro atoms. The van der Waals surface area contributed by atoms with Crippen LogP contribution in [0.3, 0.4) is 0 Å². The van der Waals surface area contributed by atoms with Gasteiger partial charge in [-0.3, -0.25) is 0 Å². The van der Waals surface area contributed by atoms with E-state index in [4.69, 9.17) is 4.74 Å². The maximum Gasteiger partial charge on any atom is 0.273 e. The average molecular weight is 248 g/mol. The highest BCUT2D eigenvalue weighted by Gasteiger charge is 2.01. The minimum atomic E-state index is 0.676. The Balaban J connectivity index is 1.78. The largest absolute Gasteiger partial charge is 0.470 e. The van der Waals surface area contributed by atoms with Crippen molar-refractivity contribution in [3.63, 3.8) is 0 Å². The van der Waals surface area contributed by atoms with Crippen molar-refractivity contribution >= 4 is 17.0 Å². The third kappa shape index (κ3) is 3.75. The molecular formula is C13H16N2OS. The Morgan fingerprint density at radius 2 is 2.12 bits per heavy atom. The van der Waals surface area contributed by atoms with Crippen LogP contribution in [0.5, 0.6) is 5.19 Å². The van der Waals surface area contributed by atoms with Crippen molar-refractivity contribution in [2.24, 2.45) is 0 Å². The van der Waals surface area contributed by atoms with Gasteiger partial charge < -0.3 is 10.1 Å². The van der Waals surface area contributed by atoms with Crippen LogP contribution in [0, 0.1) is 0 Å². The van der Waals surface area contributed by atoms with Crippen molar-refractivity contribution in [1.82, 2.24) is 4.98 Å². The molecule has 1 N–H and O–H groups in total. The number of thiazole rings is 1. The first kappa shape index (κ1) is 11.9. The van der Waals surface area contributed by atoms with E-state index >= 15 is 0 Å². The van der Waals surface area contributed by atoms with Crippen molar-refractivity contribution in [2.75, 3.05) is 18.5 Å². The lowest BCUT2D eigenvalue weighted by molar-refractivity contribution is 0.337. The molecule has 0 bridgehead atoms. The number of nitrogens with zero attached hydrogens (tertiary/aromatic N) is 1. The molecule has 4 heteroatoms. The maximum atomic E-state index is 5.34. The van der Waals surface area contributed by atoms with E-state index in [0.717, 1.165) is 29.5 Å². The van der Waals surface area contributed by atoms with E-state index in [1.54, 1.807) is 11.3 Å². The molecule has 0 atom stereocenters. The number of nitrogens with one attached hydrogen (secondary N) is 1. The van der Waals surface area contributed by atoms with E-state index in [-0.39, 0.29) is 0 Å². The molecule has 0 aliphatic rings. The van der Waals surface area contributed by atoms with Crippen LogP contribution < -0.4 is 10.1 Å². The lowest BCUT2D eigenvalue weighted by atomic mass is 10.3. The fourth-order valence-electron chi connectivity index (χ4n) is 1.48. The van der Waals surface area contributed by atoms with Crippen molar-refractivity contribution in [3.8, 4) is 5.19 Å². The van der Waals surface area contributed by atoms with Crippen molar-refractivity contribution in [3.05, 3.63) is 41.4 Å². The van der Waals surface area contributed by atoms with Gasteiger partial charge >= 0.3 is 0 Å². The van der Waals surface area contributed by atoms with Crippen LogP contribution in [-0.2, 0) is 6.42 Å². The molecule has 0 aliphatic carbocycles. The van der Waals surface area contributed by atoms with Crippen molar-refractivity contribution < 1.29 is 4.74 Å². The van der Waals surface area contributed by atoms with Gasteiger partial charge in [-0.15, -0.1) is 0 Å². The molecule has 0 amide bonds. The summed E-state index contributed by atoms with van der Waals surface area (Å²) in [7, 11) is 0. The zero-order valence-corrected chi connectivity index (χ0v) is 10.7. The molecule has 0 saturated carbocycles. The number of para-hydroxylation sites is 1. The Morgan fingerprint density at radius 3 is 2.88 bits per heavy atom. The minimum Gasteiger partial charge on any atom is -0.470 e. The summed E-state index contributed by atoms with van der Waals surface area (Å²) in [6.45, 7) is 3.53. The third-order valence-electron chi connectivity index (χ3n) is 2.28. The molecule has 0 unspecified atom stereocenters. The molecule has 1 heterocycles. The minimum absolute atomic E-state index is 0.676. The fraction of sp³-hybridized carbons (Fsp3) is 0.308. The van der Waals surface area contributed by atoms with E-state index in [0.29, 0.717) is 6.61 Å². The molecule has 2 aromatic rings. The molecule has 0 fully saturated rings. The topological polar surface area (TPSA) is 34.1 Å². The molecular weight excluding hydrogens is 232 g/mol. The van der Waals surface area contributed by atoms with Crippen LogP contribution in [0.25, 0.3) is 0 Å². The highest BCUT2D eigenvalue weighted by Crippen LogP contribution is 2.18. The number of aromatic nitrogens is 1. The van der Waals surface area contributed by atoms with Gasteiger partial charge in [0.05, 0.1) is 12.3 Å². The van der Waals surface area contributed by atoms with Gasteiger partial charge in [-0.05, 0) is 19.1 Å². The normalized spacial score (nSPS) is 10.2. The van der Waals surface area contributed by atoms with E-state index in [9.17, 15) is 0 Å². The molecule has 0 radical (unpaired) electrons. The lowest BCUT2D eigenvalue weighted by Gasteiger charge is -2.03. The van der Waals surface area contributed by atoms with Crippen LogP contribution in [0.1, 0.15) is 12.6 Å². The smallest absolute Gasteiger partial charge is 0.273 e. The number of benzene rings is 1. The predicted octanol–water partition coefficient (Wildman–Crippen LogP) is 3.20. The molecule has 3 nitrogen and oxygen atoms in total. The van der Waals surface area contributed by atoms with E-state index in [1.165, 1.54) is 0 Å². The van der Waals surface area contributed by atoms with E-state index < -0.39 is 0 Å². The third-order valence-corrected chi connectivity index (χ3v) is 3.08. The first-order chi connectivity index (χ1) is 8.38. The van der Waals surface area contributed by atoms with Gasteiger partial charge in [0, 0.05) is 24.0 Å². The van der Waals surface area contributed by atoms with Crippen LogP contribution in [0.2, 0.25) is 0 Å². The summed E-state index contributed by atoms with van der Waals surface area (Å²) in [4.78, 5) is 4.39. The Hall–Kier alpha value is -1.55. The highest BCUT2D eigenvalue weighted by molar-refractivity contribution is 7.11. The van der Waals surface area contributed by atoms with Gasteiger partial charge in [-0.2, -0.15) is 0 Å². The predicted molar refractivity (Wildman–Crippen MR) is 71.9 cm³/mol. The molecule has 17 heavy (non-hydrogen) atoms. The first-order valence-electron chi connectivity index (χ1n) is 5.74. The van der Waals surface area contributed by atoms with Crippen LogP contribution in [-0.4, -0.2) is 18.1 Å². The summed E-state index contributed by atoms with van der Waals surface area (Å²) in [5, 5.41) is 6.18. The monoisotopic (exact) mass is 248 g/mol. The maximum absolute atomic E-state index is 5.34. The van der Waals surface area contributed by atoms with Crippen LogP contribution in [0.4, 0.5) is 5.69 Å². The van der Waals surface area contributed by atoms with E-state index in [2.05, 4.69) is 27.8 Å². The second-order valence-corrected chi connectivity index (χ2v) is 4.40.